The Labute approximate surface area is 111 Å². The van der Waals surface area contributed by atoms with Crippen LogP contribution in [0.1, 0.15) is 23.9 Å². The molecule has 1 aromatic rings. The van der Waals surface area contributed by atoms with Gasteiger partial charge in [0.05, 0.1) is 0 Å². The third-order valence-corrected chi connectivity index (χ3v) is 4.32. The number of rotatable bonds is 5. The van der Waals surface area contributed by atoms with Gasteiger partial charge in [-0.2, -0.15) is 0 Å². The van der Waals surface area contributed by atoms with E-state index >= 15 is 0 Å². The molecule has 0 aromatic carbocycles. The molecule has 1 amide bonds. The lowest BCUT2D eigenvalue weighted by Gasteiger charge is -2.23. The van der Waals surface area contributed by atoms with Crippen molar-refractivity contribution in [3.05, 3.63) is 20.2 Å². The standard InChI is InChI=1S/C12H21N3O2S/c1-8(7-13)14(4)11(16)5-6-15-9(2)10(3)18-12(15)17/h8H,5-7,13H2,1-4H3. The molecule has 1 unspecified atom stereocenters. The molecule has 0 saturated heterocycles. The second-order valence-corrected chi connectivity index (χ2v) is 5.67. The summed E-state index contributed by atoms with van der Waals surface area (Å²) in [6.07, 6.45) is 0.331. The molecule has 2 N–H and O–H groups in total. The quantitative estimate of drug-likeness (QED) is 0.858. The van der Waals surface area contributed by atoms with E-state index in [4.69, 9.17) is 5.73 Å². The van der Waals surface area contributed by atoms with Gasteiger partial charge in [0.15, 0.2) is 0 Å². The first-order valence-corrected chi connectivity index (χ1v) is 6.82. The van der Waals surface area contributed by atoms with Crippen LogP contribution in [0.4, 0.5) is 0 Å². The Morgan fingerprint density at radius 3 is 2.56 bits per heavy atom. The van der Waals surface area contributed by atoms with E-state index in [1.54, 1.807) is 16.5 Å². The van der Waals surface area contributed by atoms with Crippen LogP contribution in [0.5, 0.6) is 0 Å². The number of aromatic nitrogens is 1. The van der Waals surface area contributed by atoms with Crippen molar-refractivity contribution in [1.29, 1.82) is 0 Å². The van der Waals surface area contributed by atoms with Gasteiger partial charge in [-0.3, -0.25) is 9.59 Å². The van der Waals surface area contributed by atoms with E-state index in [0.29, 0.717) is 19.5 Å². The summed E-state index contributed by atoms with van der Waals surface area (Å²) in [4.78, 5) is 26.2. The maximum atomic E-state index is 11.9. The minimum absolute atomic E-state index is 0.00678. The lowest BCUT2D eigenvalue weighted by molar-refractivity contribution is -0.131. The van der Waals surface area contributed by atoms with E-state index in [-0.39, 0.29) is 16.8 Å². The van der Waals surface area contributed by atoms with Crippen molar-refractivity contribution in [2.24, 2.45) is 5.73 Å². The van der Waals surface area contributed by atoms with Gasteiger partial charge in [-0.25, -0.2) is 0 Å². The SMILES string of the molecule is Cc1sc(=O)n(CCC(=O)N(C)C(C)CN)c1C. The number of thiazole rings is 1. The highest BCUT2D eigenvalue weighted by atomic mass is 32.1. The zero-order valence-electron chi connectivity index (χ0n) is 11.4. The number of nitrogens with two attached hydrogens (primary N) is 1. The van der Waals surface area contributed by atoms with Crippen molar-refractivity contribution in [1.82, 2.24) is 9.47 Å². The zero-order chi connectivity index (χ0) is 13.9. The summed E-state index contributed by atoms with van der Waals surface area (Å²) in [6, 6.07) is 0.0273. The number of hydrogen-bond acceptors (Lipinski definition) is 4. The summed E-state index contributed by atoms with van der Waals surface area (Å²) >= 11 is 1.23. The van der Waals surface area contributed by atoms with Gasteiger partial charge >= 0.3 is 4.87 Å². The molecular weight excluding hydrogens is 250 g/mol. The van der Waals surface area contributed by atoms with Crippen molar-refractivity contribution in [2.45, 2.75) is 39.8 Å². The second-order valence-electron chi connectivity index (χ2n) is 4.50. The summed E-state index contributed by atoms with van der Waals surface area (Å²) in [5.74, 6) is 0.0168. The van der Waals surface area contributed by atoms with Crippen LogP contribution < -0.4 is 10.6 Å². The Balaban J connectivity index is 2.66. The topological polar surface area (TPSA) is 68.3 Å². The van der Waals surface area contributed by atoms with Crippen molar-refractivity contribution in [2.75, 3.05) is 13.6 Å². The van der Waals surface area contributed by atoms with Gasteiger partial charge in [-0.05, 0) is 20.8 Å². The highest BCUT2D eigenvalue weighted by Gasteiger charge is 2.15. The largest absolute Gasteiger partial charge is 0.342 e. The normalized spacial score (nSPS) is 12.5. The van der Waals surface area contributed by atoms with E-state index in [0.717, 1.165) is 10.6 Å². The number of aryl methyl sites for hydroxylation is 1. The van der Waals surface area contributed by atoms with Crippen LogP contribution in [-0.2, 0) is 11.3 Å². The fraction of sp³-hybridized carbons (Fsp3) is 0.667. The molecule has 0 fully saturated rings. The average molecular weight is 271 g/mol. The predicted octanol–water partition coefficient (Wildman–Crippen LogP) is 0.722. The van der Waals surface area contributed by atoms with Crippen molar-refractivity contribution in [3.8, 4) is 0 Å². The van der Waals surface area contributed by atoms with E-state index in [2.05, 4.69) is 0 Å². The Morgan fingerprint density at radius 2 is 2.11 bits per heavy atom. The summed E-state index contributed by atoms with van der Waals surface area (Å²) in [6.45, 7) is 6.62. The molecule has 1 heterocycles. The van der Waals surface area contributed by atoms with Crippen molar-refractivity contribution < 1.29 is 4.79 Å². The number of amides is 1. The maximum absolute atomic E-state index is 11.9. The lowest BCUT2D eigenvalue weighted by atomic mass is 10.2. The molecule has 1 atom stereocenters. The van der Waals surface area contributed by atoms with Gasteiger partial charge in [-0.1, -0.05) is 11.3 Å². The molecule has 0 bridgehead atoms. The monoisotopic (exact) mass is 271 g/mol. The third-order valence-electron chi connectivity index (χ3n) is 3.32. The van der Waals surface area contributed by atoms with Gasteiger partial charge in [0.1, 0.15) is 0 Å². The van der Waals surface area contributed by atoms with E-state index < -0.39 is 0 Å². The molecule has 6 heteroatoms. The van der Waals surface area contributed by atoms with Crippen molar-refractivity contribution >= 4 is 17.2 Å². The summed E-state index contributed by atoms with van der Waals surface area (Å²) in [5.41, 5.74) is 6.47. The Bertz CT molecular complexity index is 478. The molecule has 1 rings (SSSR count). The molecule has 0 spiro atoms. The fourth-order valence-corrected chi connectivity index (χ4v) is 2.49. The van der Waals surface area contributed by atoms with Gasteiger partial charge in [0, 0.05) is 43.2 Å². The molecule has 0 aliphatic carbocycles. The van der Waals surface area contributed by atoms with E-state index in [1.165, 1.54) is 11.3 Å². The number of carbonyl (C=O) groups excluding carboxylic acids is 1. The Hall–Kier alpha value is -1.14. The first kappa shape index (κ1) is 14.9. The first-order valence-electron chi connectivity index (χ1n) is 6.01. The van der Waals surface area contributed by atoms with E-state index in [9.17, 15) is 9.59 Å². The maximum Gasteiger partial charge on any atom is 0.307 e. The number of hydrogen-bond donors (Lipinski definition) is 1. The van der Waals surface area contributed by atoms with Crippen LogP contribution in [-0.4, -0.2) is 35.0 Å². The smallest absolute Gasteiger partial charge is 0.307 e. The van der Waals surface area contributed by atoms with Crippen LogP contribution in [0.25, 0.3) is 0 Å². The van der Waals surface area contributed by atoms with Gasteiger partial charge < -0.3 is 15.2 Å². The van der Waals surface area contributed by atoms with Crippen LogP contribution in [0.2, 0.25) is 0 Å². The fourth-order valence-electron chi connectivity index (χ4n) is 1.63. The third kappa shape index (κ3) is 3.20. The predicted molar refractivity (Wildman–Crippen MR) is 74.0 cm³/mol. The number of carbonyl (C=O) groups is 1. The molecule has 102 valence electrons. The molecule has 0 aliphatic heterocycles. The molecule has 0 saturated carbocycles. The molecular formula is C12H21N3O2S. The van der Waals surface area contributed by atoms with Crippen LogP contribution in [0, 0.1) is 13.8 Å². The Morgan fingerprint density at radius 1 is 1.50 bits per heavy atom. The highest BCUT2D eigenvalue weighted by molar-refractivity contribution is 7.09. The van der Waals surface area contributed by atoms with E-state index in [1.807, 2.05) is 20.8 Å². The summed E-state index contributed by atoms with van der Waals surface area (Å²) in [5, 5.41) is 0. The average Bonchev–Trinajstić information content (AvgIpc) is 2.59. The number of likely N-dealkylation sites (N-methyl/N-ethyl adjacent to an activating group) is 1. The Kier molecular flexibility index (Phi) is 5.10. The summed E-state index contributed by atoms with van der Waals surface area (Å²) in [7, 11) is 1.74. The van der Waals surface area contributed by atoms with Crippen LogP contribution in [0.3, 0.4) is 0 Å². The molecule has 5 nitrogen and oxygen atoms in total. The zero-order valence-corrected chi connectivity index (χ0v) is 12.2. The minimum atomic E-state index is 0.00678. The highest BCUT2D eigenvalue weighted by Crippen LogP contribution is 2.10. The molecule has 18 heavy (non-hydrogen) atoms. The van der Waals surface area contributed by atoms with Crippen molar-refractivity contribution in [3.63, 3.8) is 0 Å². The van der Waals surface area contributed by atoms with Gasteiger partial charge in [0.25, 0.3) is 0 Å². The molecule has 0 aliphatic rings. The lowest BCUT2D eigenvalue weighted by Crippen LogP contribution is -2.40. The van der Waals surface area contributed by atoms with Crippen LogP contribution in [0.15, 0.2) is 4.79 Å². The van der Waals surface area contributed by atoms with Gasteiger partial charge in [-0.15, -0.1) is 0 Å². The number of nitrogens with zero attached hydrogens (tertiary/aromatic N) is 2. The first-order chi connectivity index (χ1) is 8.38. The second kappa shape index (κ2) is 6.15. The molecule has 0 radical (unpaired) electrons. The molecule has 1 aromatic heterocycles. The summed E-state index contributed by atoms with van der Waals surface area (Å²) < 4.78 is 1.67. The minimum Gasteiger partial charge on any atom is -0.342 e. The van der Waals surface area contributed by atoms with Crippen LogP contribution >= 0.6 is 11.3 Å². The van der Waals surface area contributed by atoms with Gasteiger partial charge in [0.2, 0.25) is 5.91 Å².